The van der Waals surface area contributed by atoms with E-state index >= 15 is 0 Å². The van der Waals surface area contributed by atoms with E-state index in [1.807, 2.05) is 6.07 Å². The number of carbonyl (C=O) groups excluding carboxylic acids is 2. The fourth-order valence-electron chi connectivity index (χ4n) is 3.86. The van der Waals surface area contributed by atoms with E-state index in [9.17, 15) is 14.4 Å². The van der Waals surface area contributed by atoms with Crippen LogP contribution in [0.15, 0.2) is 52.5 Å². The van der Waals surface area contributed by atoms with E-state index in [1.165, 1.54) is 10.6 Å². The van der Waals surface area contributed by atoms with Crippen LogP contribution in [0.4, 0.5) is 5.69 Å². The largest absolute Gasteiger partial charge is 0.482 e. The maximum absolute atomic E-state index is 12.8. The fraction of sp³-hybridized carbons (Fsp3) is 0.250. The van der Waals surface area contributed by atoms with Crippen LogP contribution in [-0.2, 0) is 23.2 Å². The van der Waals surface area contributed by atoms with E-state index in [2.05, 4.69) is 25.8 Å². The molecular formula is C24H22N6O5. The number of aryl methyl sites for hydroxylation is 2. The summed E-state index contributed by atoms with van der Waals surface area (Å²) in [5.74, 6) is 0.421. The summed E-state index contributed by atoms with van der Waals surface area (Å²) in [5, 5.41) is 9.75. The molecule has 0 spiro atoms. The van der Waals surface area contributed by atoms with Gasteiger partial charge in [0.05, 0.1) is 11.4 Å². The van der Waals surface area contributed by atoms with Gasteiger partial charge in [0.25, 0.3) is 11.8 Å². The van der Waals surface area contributed by atoms with E-state index in [1.54, 1.807) is 44.4 Å². The van der Waals surface area contributed by atoms with E-state index in [-0.39, 0.29) is 42.3 Å². The fourth-order valence-corrected chi connectivity index (χ4v) is 3.86. The van der Waals surface area contributed by atoms with Crippen LogP contribution in [0.2, 0.25) is 0 Å². The highest BCUT2D eigenvalue weighted by Crippen LogP contribution is 2.29. The molecule has 0 bridgehead atoms. The molecule has 178 valence electrons. The second-order valence-electron chi connectivity index (χ2n) is 8.28. The summed E-state index contributed by atoms with van der Waals surface area (Å²) < 4.78 is 6.84. The van der Waals surface area contributed by atoms with Crippen molar-refractivity contribution in [2.75, 3.05) is 11.9 Å². The number of anilines is 1. The summed E-state index contributed by atoms with van der Waals surface area (Å²) in [7, 11) is 1.68. The molecule has 0 saturated heterocycles. The van der Waals surface area contributed by atoms with Gasteiger partial charge >= 0.3 is 0 Å². The minimum atomic E-state index is -0.371. The lowest BCUT2D eigenvalue weighted by atomic mass is 10.0. The number of nitrogens with zero attached hydrogens (tertiary/aromatic N) is 4. The molecule has 4 heterocycles. The molecule has 3 aromatic rings. The molecule has 2 aromatic heterocycles. The molecule has 2 aliphatic heterocycles. The lowest BCUT2D eigenvalue weighted by molar-refractivity contribution is -0.118. The van der Waals surface area contributed by atoms with E-state index in [0.717, 1.165) is 11.1 Å². The first-order chi connectivity index (χ1) is 16.9. The van der Waals surface area contributed by atoms with E-state index < -0.39 is 0 Å². The lowest BCUT2D eigenvalue weighted by Gasteiger charge is -2.18. The number of aromatic nitrogens is 3. The maximum atomic E-state index is 12.8. The molecule has 0 fully saturated rings. The molecule has 2 N–H and O–H groups in total. The van der Waals surface area contributed by atoms with E-state index in [4.69, 9.17) is 9.57 Å². The number of rotatable bonds is 5. The number of hydrogen-bond acceptors (Lipinski definition) is 8. The Labute approximate surface area is 199 Å². The zero-order valence-electron chi connectivity index (χ0n) is 19.1. The van der Waals surface area contributed by atoms with Crippen LogP contribution in [-0.4, -0.2) is 38.7 Å². The molecule has 0 radical (unpaired) electrons. The first-order valence-electron chi connectivity index (χ1n) is 10.9. The number of pyridine rings is 1. The van der Waals surface area contributed by atoms with Gasteiger partial charge in [-0.2, -0.15) is 0 Å². The van der Waals surface area contributed by atoms with Crippen molar-refractivity contribution in [3.8, 4) is 5.75 Å². The standard InChI is InChI=1S/C24H22N6O5/c1-13-26-16(17-9-21(35-29-17)15-4-6-23(32)30(2)11-15)8-19(27-13)24(33)25-10-14-3-5-20-18(7-14)28-22(31)12-34-20/h3-8,11,21H,9-10,12H2,1-2H3,(H,25,33)(H,28,31). The summed E-state index contributed by atoms with van der Waals surface area (Å²) in [6.45, 7) is 1.92. The number of oxime groups is 1. The molecule has 0 saturated carbocycles. The topological polar surface area (TPSA) is 137 Å². The third-order valence-corrected chi connectivity index (χ3v) is 5.65. The van der Waals surface area contributed by atoms with Crippen molar-refractivity contribution in [3.05, 3.63) is 81.3 Å². The highest BCUT2D eigenvalue weighted by molar-refractivity contribution is 6.02. The van der Waals surface area contributed by atoms with E-state index in [0.29, 0.717) is 35.1 Å². The van der Waals surface area contributed by atoms with Gasteiger partial charge in [-0.1, -0.05) is 11.2 Å². The van der Waals surface area contributed by atoms with Gasteiger partial charge in [-0.3, -0.25) is 14.4 Å². The molecule has 2 aliphatic rings. The van der Waals surface area contributed by atoms with Gasteiger partial charge in [-0.05, 0) is 36.8 Å². The van der Waals surface area contributed by atoms with Crippen molar-refractivity contribution in [1.82, 2.24) is 19.9 Å². The van der Waals surface area contributed by atoms with Crippen LogP contribution in [0.1, 0.15) is 45.7 Å². The van der Waals surface area contributed by atoms with Gasteiger partial charge in [-0.15, -0.1) is 0 Å². The van der Waals surface area contributed by atoms with Crippen molar-refractivity contribution < 1.29 is 19.2 Å². The Bertz CT molecular complexity index is 1430. The summed E-state index contributed by atoms with van der Waals surface area (Å²) >= 11 is 0. The molecule has 0 aliphatic carbocycles. The van der Waals surface area contributed by atoms with Crippen molar-refractivity contribution in [1.29, 1.82) is 0 Å². The van der Waals surface area contributed by atoms with Gasteiger partial charge < -0.3 is 24.8 Å². The van der Waals surface area contributed by atoms with Crippen molar-refractivity contribution in [2.45, 2.75) is 26.0 Å². The normalized spacial score (nSPS) is 16.5. The summed E-state index contributed by atoms with van der Waals surface area (Å²) in [4.78, 5) is 50.3. The lowest BCUT2D eigenvalue weighted by Crippen LogP contribution is -2.27. The third-order valence-electron chi connectivity index (χ3n) is 5.65. The highest BCUT2D eigenvalue weighted by atomic mass is 16.6. The molecule has 1 atom stereocenters. The van der Waals surface area contributed by atoms with Crippen LogP contribution in [0.3, 0.4) is 0 Å². The summed E-state index contributed by atoms with van der Waals surface area (Å²) in [6, 6.07) is 10.1. The number of fused-ring (bicyclic) bond motifs is 1. The zero-order chi connectivity index (χ0) is 24.5. The first-order valence-corrected chi connectivity index (χ1v) is 10.9. The van der Waals surface area contributed by atoms with Crippen LogP contribution in [0.25, 0.3) is 0 Å². The number of nitrogens with one attached hydrogen (secondary N) is 2. The van der Waals surface area contributed by atoms with Crippen molar-refractivity contribution in [3.63, 3.8) is 0 Å². The van der Waals surface area contributed by atoms with Gasteiger partial charge in [-0.25, -0.2) is 9.97 Å². The van der Waals surface area contributed by atoms with Gasteiger partial charge in [0, 0.05) is 37.8 Å². The maximum Gasteiger partial charge on any atom is 0.270 e. The molecule has 11 heteroatoms. The summed E-state index contributed by atoms with van der Waals surface area (Å²) in [6.07, 6.45) is 1.81. The SMILES string of the molecule is Cc1nc(C(=O)NCc2ccc3c(c2)NC(=O)CO3)cc(C2=NOC(c3ccc(=O)n(C)c3)C2)n1. The van der Waals surface area contributed by atoms with Crippen molar-refractivity contribution in [2.24, 2.45) is 12.2 Å². The number of ether oxygens (including phenoxy) is 1. The number of hydrogen-bond donors (Lipinski definition) is 2. The molecule has 11 nitrogen and oxygen atoms in total. The molecule has 1 aromatic carbocycles. The average Bonchev–Trinajstić information content (AvgIpc) is 3.34. The Balaban J connectivity index is 1.27. The zero-order valence-corrected chi connectivity index (χ0v) is 19.1. The molecular weight excluding hydrogens is 452 g/mol. The molecule has 1 unspecified atom stereocenters. The Morgan fingerprint density at radius 2 is 2.06 bits per heavy atom. The number of carbonyl (C=O) groups is 2. The number of amides is 2. The number of benzene rings is 1. The summed E-state index contributed by atoms with van der Waals surface area (Å²) in [5.41, 5.74) is 3.38. The average molecular weight is 474 g/mol. The van der Waals surface area contributed by atoms with Crippen LogP contribution in [0.5, 0.6) is 5.75 Å². The van der Waals surface area contributed by atoms with Crippen LogP contribution >= 0.6 is 0 Å². The smallest absolute Gasteiger partial charge is 0.270 e. The third kappa shape index (κ3) is 4.74. The van der Waals surface area contributed by atoms with Gasteiger partial charge in [0.1, 0.15) is 23.0 Å². The Morgan fingerprint density at radius 3 is 2.89 bits per heavy atom. The second kappa shape index (κ2) is 9.01. The minimum absolute atomic E-state index is 0.0133. The highest BCUT2D eigenvalue weighted by Gasteiger charge is 2.26. The predicted molar refractivity (Wildman–Crippen MR) is 125 cm³/mol. The first kappa shape index (κ1) is 22.3. The molecule has 35 heavy (non-hydrogen) atoms. The minimum Gasteiger partial charge on any atom is -0.482 e. The molecule has 2 amide bonds. The Hall–Kier alpha value is -4.54. The monoisotopic (exact) mass is 474 g/mol. The van der Waals surface area contributed by atoms with Crippen molar-refractivity contribution >= 4 is 23.2 Å². The van der Waals surface area contributed by atoms with Gasteiger partial charge in [0.2, 0.25) is 5.56 Å². The quantitative estimate of drug-likeness (QED) is 0.573. The Kier molecular flexibility index (Phi) is 5.73. The van der Waals surface area contributed by atoms with Crippen LogP contribution < -0.4 is 20.9 Å². The molecule has 5 rings (SSSR count). The second-order valence-corrected chi connectivity index (χ2v) is 8.28. The predicted octanol–water partition coefficient (Wildman–Crippen LogP) is 1.61. The van der Waals surface area contributed by atoms with Crippen LogP contribution in [0, 0.1) is 6.92 Å². The van der Waals surface area contributed by atoms with Gasteiger partial charge in [0.15, 0.2) is 12.7 Å². The Morgan fingerprint density at radius 1 is 1.20 bits per heavy atom.